The van der Waals surface area contributed by atoms with Gasteiger partial charge in [0.25, 0.3) is 0 Å². The van der Waals surface area contributed by atoms with Crippen LogP contribution in [0.5, 0.6) is 0 Å². The Morgan fingerprint density at radius 3 is 2.55 bits per heavy atom. The Hall–Kier alpha value is -4.34. The minimum absolute atomic E-state index is 0.121. The van der Waals surface area contributed by atoms with Crippen LogP contribution in [0.3, 0.4) is 0 Å². The molecular weight excluding hydrogens is 510 g/mol. The highest BCUT2D eigenvalue weighted by Gasteiger charge is 2.46. The molecule has 5 rings (SSSR count). The first-order chi connectivity index (χ1) is 19.1. The van der Waals surface area contributed by atoms with Crippen molar-refractivity contribution in [1.82, 2.24) is 25.4 Å². The lowest BCUT2D eigenvalue weighted by Gasteiger charge is -2.38. The average Bonchev–Trinajstić information content (AvgIpc) is 3.50. The van der Waals surface area contributed by atoms with Gasteiger partial charge in [-0.3, -0.25) is 14.5 Å². The van der Waals surface area contributed by atoms with Gasteiger partial charge in [0.05, 0.1) is 18.6 Å². The summed E-state index contributed by atoms with van der Waals surface area (Å²) in [6, 6.07) is 15.0. The van der Waals surface area contributed by atoms with Gasteiger partial charge in [-0.05, 0) is 44.4 Å². The fourth-order valence-electron chi connectivity index (χ4n) is 5.45. The first-order valence-electron chi connectivity index (χ1n) is 13.6. The number of urea groups is 1. The molecule has 210 valence electrons. The Morgan fingerprint density at radius 1 is 1.07 bits per heavy atom. The molecule has 10 nitrogen and oxygen atoms in total. The third kappa shape index (κ3) is 5.95. The third-order valence-electron chi connectivity index (χ3n) is 7.32. The molecule has 2 fully saturated rings. The van der Waals surface area contributed by atoms with Gasteiger partial charge in [0.1, 0.15) is 11.6 Å². The molecule has 3 heterocycles. The summed E-state index contributed by atoms with van der Waals surface area (Å²) in [5, 5.41) is 6.72. The summed E-state index contributed by atoms with van der Waals surface area (Å²) in [4.78, 5) is 58.7. The molecule has 0 aliphatic carbocycles. The fraction of sp³-hybridized carbons (Fsp3) is 0.400. The maximum Gasteiger partial charge on any atom is 0.408 e. The van der Waals surface area contributed by atoms with Crippen LogP contribution in [-0.4, -0.2) is 69.0 Å². The SMILES string of the molecule is CC(C)(C)OC(=O)N[C@@H](Cc1c[nH]c2ccccc12)C(=O)N[C@H]1CCN2C(=O)N(Cc3ccccc3)C(=O)C[C@@H]12. The molecule has 0 bridgehead atoms. The molecule has 1 aromatic heterocycles. The lowest BCUT2D eigenvalue weighted by atomic mass is 10.0. The summed E-state index contributed by atoms with van der Waals surface area (Å²) in [6.07, 6.45) is 2.01. The van der Waals surface area contributed by atoms with E-state index in [0.29, 0.717) is 13.0 Å². The number of nitrogens with one attached hydrogen (secondary N) is 3. The lowest BCUT2D eigenvalue weighted by molar-refractivity contribution is -0.133. The van der Waals surface area contributed by atoms with Gasteiger partial charge in [0, 0.05) is 36.5 Å². The molecule has 0 spiro atoms. The number of rotatable bonds is 7. The van der Waals surface area contributed by atoms with Crippen molar-refractivity contribution in [2.45, 2.75) is 70.3 Å². The van der Waals surface area contributed by atoms with Crippen molar-refractivity contribution in [3.63, 3.8) is 0 Å². The second-order valence-electron chi connectivity index (χ2n) is 11.4. The smallest absolute Gasteiger partial charge is 0.408 e. The van der Waals surface area contributed by atoms with Crippen molar-refractivity contribution in [3.8, 4) is 0 Å². The summed E-state index contributed by atoms with van der Waals surface area (Å²) in [5.74, 6) is -0.659. The molecule has 0 unspecified atom stereocenters. The second kappa shape index (κ2) is 11.0. The molecule has 5 amide bonds. The number of ether oxygens (including phenoxy) is 1. The van der Waals surface area contributed by atoms with E-state index in [1.54, 1.807) is 25.7 Å². The summed E-state index contributed by atoms with van der Waals surface area (Å²) in [6.45, 7) is 5.91. The van der Waals surface area contributed by atoms with Gasteiger partial charge < -0.3 is 25.3 Å². The van der Waals surface area contributed by atoms with Crippen LogP contribution in [0.25, 0.3) is 10.9 Å². The molecule has 0 radical (unpaired) electrons. The maximum absolute atomic E-state index is 13.6. The number of carbonyl (C=O) groups is 4. The number of imide groups is 1. The zero-order valence-corrected chi connectivity index (χ0v) is 23.0. The minimum atomic E-state index is -0.923. The van der Waals surface area contributed by atoms with Crippen LogP contribution in [-0.2, 0) is 27.3 Å². The van der Waals surface area contributed by atoms with Crippen molar-refractivity contribution < 1.29 is 23.9 Å². The average molecular weight is 546 g/mol. The number of fused-ring (bicyclic) bond motifs is 2. The quantitative estimate of drug-likeness (QED) is 0.418. The van der Waals surface area contributed by atoms with Crippen LogP contribution >= 0.6 is 0 Å². The Labute approximate surface area is 233 Å². The standard InChI is InChI=1S/C30H35N5O5/c1-30(2,3)40-28(38)33-24(15-20-17-31-22-12-8-7-11-21(20)22)27(37)32-23-13-14-34-25(23)16-26(36)35(29(34)39)18-19-9-5-4-6-10-19/h4-12,17,23-25,31H,13-16,18H2,1-3H3,(H,32,37)(H,33,38)/t23-,24-,25-/m0/s1. The summed E-state index contributed by atoms with van der Waals surface area (Å²) >= 11 is 0. The van der Waals surface area contributed by atoms with E-state index in [-0.39, 0.29) is 31.3 Å². The predicted molar refractivity (Wildman–Crippen MR) is 149 cm³/mol. The number of aromatic amines is 1. The van der Waals surface area contributed by atoms with Crippen LogP contribution in [0.2, 0.25) is 0 Å². The van der Waals surface area contributed by atoms with Crippen molar-refractivity contribution in [1.29, 1.82) is 0 Å². The fourth-order valence-corrected chi connectivity index (χ4v) is 5.45. The van der Waals surface area contributed by atoms with E-state index in [2.05, 4.69) is 15.6 Å². The van der Waals surface area contributed by atoms with Crippen molar-refractivity contribution in [2.75, 3.05) is 6.54 Å². The highest BCUT2D eigenvalue weighted by molar-refractivity contribution is 5.98. The molecular formula is C30H35N5O5. The van der Waals surface area contributed by atoms with Gasteiger partial charge >= 0.3 is 12.1 Å². The third-order valence-corrected chi connectivity index (χ3v) is 7.32. The van der Waals surface area contributed by atoms with E-state index >= 15 is 0 Å². The molecule has 0 saturated carbocycles. The minimum Gasteiger partial charge on any atom is -0.444 e. The van der Waals surface area contributed by atoms with E-state index in [0.717, 1.165) is 22.0 Å². The lowest BCUT2D eigenvalue weighted by Crippen LogP contribution is -2.59. The molecule has 40 heavy (non-hydrogen) atoms. The van der Waals surface area contributed by atoms with Crippen molar-refractivity contribution in [2.24, 2.45) is 0 Å². The Morgan fingerprint density at radius 2 is 1.80 bits per heavy atom. The van der Waals surface area contributed by atoms with Gasteiger partial charge in [-0.2, -0.15) is 0 Å². The number of benzene rings is 2. The topological polar surface area (TPSA) is 124 Å². The van der Waals surface area contributed by atoms with E-state index in [1.807, 2.05) is 60.8 Å². The summed E-state index contributed by atoms with van der Waals surface area (Å²) in [5.41, 5.74) is 1.95. The number of hydrogen-bond acceptors (Lipinski definition) is 5. The van der Waals surface area contributed by atoms with Gasteiger partial charge in [0.2, 0.25) is 11.8 Å². The second-order valence-corrected chi connectivity index (χ2v) is 11.4. The molecule has 2 saturated heterocycles. The normalized spacial score (nSPS) is 19.9. The molecule has 10 heteroatoms. The van der Waals surface area contributed by atoms with Gasteiger partial charge in [0.15, 0.2) is 0 Å². The zero-order valence-electron chi connectivity index (χ0n) is 23.0. The Bertz CT molecular complexity index is 1410. The Kier molecular flexibility index (Phi) is 7.51. The number of alkyl carbamates (subject to hydrolysis) is 1. The van der Waals surface area contributed by atoms with Crippen molar-refractivity contribution in [3.05, 3.63) is 71.9 Å². The molecule has 2 aliphatic heterocycles. The Balaban J connectivity index is 1.30. The zero-order chi connectivity index (χ0) is 28.4. The highest BCUT2D eigenvalue weighted by atomic mass is 16.6. The first-order valence-corrected chi connectivity index (χ1v) is 13.6. The molecule has 3 N–H and O–H groups in total. The number of para-hydroxylation sites is 1. The first kappa shape index (κ1) is 27.2. The number of amides is 5. The van der Waals surface area contributed by atoms with Crippen LogP contribution < -0.4 is 10.6 Å². The van der Waals surface area contributed by atoms with E-state index in [9.17, 15) is 19.2 Å². The summed E-state index contributed by atoms with van der Waals surface area (Å²) in [7, 11) is 0. The van der Waals surface area contributed by atoms with E-state index < -0.39 is 35.7 Å². The number of hydrogen-bond donors (Lipinski definition) is 3. The molecule has 2 aliphatic rings. The monoisotopic (exact) mass is 545 g/mol. The predicted octanol–water partition coefficient (Wildman–Crippen LogP) is 3.72. The molecule has 3 aromatic rings. The number of H-pyrrole nitrogens is 1. The van der Waals surface area contributed by atoms with Gasteiger partial charge in [-0.15, -0.1) is 0 Å². The summed E-state index contributed by atoms with van der Waals surface area (Å²) < 4.78 is 5.43. The van der Waals surface area contributed by atoms with Crippen LogP contribution in [0.15, 0.2) is 60.8 Å². The molecule has 3 atom stereocenters. The van der Waals surface area contributed by atoms with Crippen LogP contribution in [0.4, 0.5) is 9.59 Å². The molecule has 2 aromatic carbocycles. The van der Waals surface area contributed by atoms with Gasteiger partial charge in [-0.25, -0.2) is 9.59 Å². The van der Waals surface area contributed by atoms with Crippen LogP contribution in [0.1, 0.15) is 44.7 Å². The number of carbonyl (C=O) groups excluding carboxylic acids is 4. The number of aromatic nitrogens is 1. The van der Waals surface area contributed by atoms with Gasteiger partial charge in [-0.1, -0.05) is 48.5 Å². The number of nitrogens with zero attached hydrogens (tertiary/aromatic N) is 2. The maximum atomic E-state index is 13.6. The van der Waals surface area contributed by atoms with E-state index in [1.165, 1.54) is 4.90 Å². The largest absolute Gasteiger partial charge is 0.444 e. The highest BCUT2D eigenvalue weighted by Crippen LogP contribution is 2.29. The van der Waals surface area contributed by atoms with Crippen LogP contribution in [0, 0.1) is 0 Å². The van der Waals surface area contributed by atoms with E-state index in [4.69, 9.17) is 4.74 Å². The van der Waals surface area contributed by atoms with Crippen molar-refractivity contribution >= 4 is 34.8 Å².